The Morgan fingerprint density at radius 3 is 2.65 bits per heavy atom. The number of nitrogen functional groups attached to an aromatic ring is 1. The Hall–Kier alpha value is -1.56. The third kappa shape index (κ3) is 3.30. The van der Waals surface area contributed by atoms with Crippen LogP contribution in [-0.2, 0) is 9.53 Å². The van der Waals surface area contributed by atoms with Crippen molar-refractivity contribution in [2.75, 3.05) is 18.8 Å². The minimum absolute atomic E-state index is 0.143. The third-order valence-corrected chi connectivity index (χ3v) is 3.95. The minimum atomic E-state index is -0.783. The molecular weight excluding hydrogens is 324 g/mol. The van der Waals surface area contributed by atoms with E-state index in [2.05, 4.69) is 15.9 Å². The van der Waals surface area contributed by atoms with Gasteiger partial charge in [-0.25, -0.2) is 4.79 Å². The first-order chi connectivity index (χ1) is 9.49. The van der Waals surface area contributed by atoms with Gasteiger partial charge in [-0.3, -0.25) is 4.79 Å². The molecule has 1 aliphatic rings. The molecule has 6 heteroatoms. The van der Waals surface area contributed by atoms with E-state index in [0.717, 1.165) is 25.9 Å². The summed E-state index contributed by atoms with van der Waals surface area (Å²) in [5.41, 5.74) is 6.45. The second kappa shape index (κ2) is 6.26. The molecule has 1 aromatic rings. The van der Waals surface area contributed by atoms with Crippen LogP contribution in [0.2, 0.25) is 0 Å². The van der Waals surface area contributed by atoms with Gasteiger partial charge in [0.25, 0.3) is 5.91 Å². The number of esters is 1. The summed E-state index contributed by atoms with van der Waals surface area (Å²) in [6.07, 6.45) is 1.23. The summed E-state index contributed by atoms with van der Waals surface area (Å²) in [4.78, 5) is 25.9. The number of amides is 1. The van der Waals surface area contributed by atoms with Crippen molar-refractivity contribution in [3.63, 3.8) is 0 Å². The Bertz CT molecular complexity index is 527. The Morgan fingerprint density at radius 2 is 2.00 bits per heavy atom. The van der Waals surface area contributed by atoms with Gasteiger partial charge < -0.3 is 15.4 Å². The predicted octanol–water partition coefficient (Wildman–Crippen LogP) is 2.20. The van der Waals surface area contributed by atoms with Crippen LogP contribution in [0.3, 0.4) is 0 Å². The minimum Gasteiger partial charge on any atom is -0.449 e. The molecule has 0 aliphatic carbocycles. The highest BCUT2D eigenvalue weighted by molar-refractivity contribution is 9.10. The van der Waals surface area contributed by atoms with Crippen LogP contribution in [0, 0.1) is 0 Å². The van der Waals surface area contributed by atoms with Gasteiger partial charge in [0.2, 0.25) is 0 Å². The summed E-state index contributed by atoms with van der Waals surface area (Å²) in [7, 11) is 0. The summed E-state index contributed by atoms with van der Waals surface area (Å²) >= 11 is 3.27. The first kappa shape index (κ1) is 14.8. The lowest BCUT2D eigenvalue weighted by atomic mass is 10.2. The van der Waals surface area contributed by atoms with Crippen LogP contribution < -0.4 is 5.73 Å². The lowest BCUT2D eigenvalue weighted by molar-refractivity contribution is -0.138. The second-order valence-corrected chi connectivity index (χ2v) is 5.67. The number of rotatable bonds is 3. The molecule has 0 aromatic heterocycles. The largest absolute Gasteiger partial charge is 0.449 e. The van der Waals surface area contributed by atoms with E-state index in [0.29, 0.717) is 15.7 Å². The van der Waals surface area contributed by atoms with E-state index in [1.54, 1.807) is 24.0 Å². The van der Waals surface area contributed by atoms with Gasteiger partial charge in [-0.15, -0.1) is 0 Å². The van der Waals surface area contributed by atoms with E-state index in [-0.39, 0.29) is 5.91 Å². The van der Waals surface area contributed by atoms with Gasteiger partial charge in [-0.1, -0.05) is 0 Å². The molecule has 1 aromatic carbocycles. The fourth-order valence-corrected chi connectivity index (χ4v) is 2.58. The summed E-state index contributed by atoms with van der Waals surface area (Å²) in [5, 5.41) is 0. The average molecular weight is 341 g/mol. The second-order valence-electron chi connectivity index (χ2n) is 4.82. The first-order valence-corrected chi connectivity index (χ1v) is 7.33. The topological polar surface area (TPSA) is 72.6 Å². The maximum Gasteiger partial charge on any atom is 0.340 e. The molecule has 1 unspecified atom stereocenters. The van der Waals surface area contributed by atoms with Gasteiger partial charge in [0, 0.05) is 23.2 Å². The molecule has 2 rings (SSSR count). The molecule has 5 nitrogen and oxygen atoms in total. The molecule has 1 fully saturated rings. The summed E-state index contributed by atoms with van der Waals surface area (Å²) in [6.45, 7) is 3.07. The number of anilines is 1. The number of carbonyl (C=O) groups excluding carboxylic acids is 2. The van der Waals surface area contributed by atoms with Gasteiger partial charge in [-0.2, -0.15) is 0 Å². The number of nitrogens with two attached hydrogens (primary N) is 1. The zero-order valence-electron chi connectivity index (χ0n) is 11.3. The number of carbonyl (C=O) groups is 2. The normalized spacial score (nSPS) is 16.0. The van der Waals surface area contributed by atoms with E-state index in [9.17, 15) is 9.59 Å². The molecule has 1 amide bonds. The molecule has 0 radical (unpaired) electrons. The smallest absolute Gasteiger partial charge is 0.340 e. The molecule has 108 valence electrons. The van der Waals surface area contributed by atoms with E-state index in [1.807, 2.05) is 0 Å². The summed E-state index contributed by atoms with van der Waals surface area (Å²) in [5.74, 6) is -0.694. The zero-order valence-corrected chi connectivity index (χ0v) is 12.9. The Labute approximate surface area is 126 Å². The molecule has 0 saturated carbocycles. The molecule has 0 spiro atoms. The third-order valence-electron chi connectivity index (χ3n) is 3.26. The van der Waals surface area contributed by atoms with E-state index in [1.165, 1.54) is 6.07 Å². The van der Waals surface area contributed by atoms with Crippen molar-refractivity contribution in [3.8, 4) is 0 Å². The summed E-state index contributed by atoms with van der Waals surface area (Å²) < 4.78 is 5.83. The number of benzene rings is 1. The highest BCUT2D eigenvalue weighted by Gasteiger charge is 2.26. The van der Waals surface area contributed by atoms with Gasteiger partial charge in [0.1, 0.15) is 0 Å². The van der Waals surface area contributed by atoms with Crippen molar-refractivity contribution in [2.24, 2.45) is 0 Å². The molecule has 1 heterocycles. The number of ether oxygens (including phenoxy) is 1. The monoisotopic (exact) mass is 340 g/mol. The lowest BCUT2D eigenvalue weighted by Crippen LogP contribution is -2.38. The first-order valence-electron chi connectivity index (χ1n) is 6.54. The maximum absolute atomic E-state index is 12.1. The highest BCUT2D eigenvalue weighted by atomic mass is 79.9. The van der Waals surface area contributed by atoms with Crippen LogP contribution in [0.5, 0.6) is 0 Å². The number of hydrogen-bond donors (Lipinski definition) is 1. The van der Waals surface area contributed by atoms with Crippen LogP contribution in [0.1, 0.15) is 30.1 Å². The quantitative estimate of drug-likeness (QED) is 0.676. The number of nitrogens with zero attached hydrogens (tertiary/aromatic N) is 1. The van der Waals surface area contributed by atoms with E-state index in [4.69, 9.17) is 10.5 Å². The molecule has 1 aliphatic heterocycles. The Kier molecular flexibility index (Phi) is 4.65. The molecular formula is C14H17BrN2O3. The lowest BCUT2D eigenvalue weighted by Gasteiger charge is -2.20. The van der Waals surface area contributed by atoms with Crippen molar-refractivity contribution in [3.05, 3.63) is 28.2 Å². The average Bonchev–Trinajstić information content (AvgIpc) is 2.94. The molecule has 2 N–H and O–H groups in total. The Morgan fingerprint density at radius 1 is 1.35 bits per heavy atom. The highest BCUT2D eigenvalue weighted by Crippen LogP contribution is 2.21. The van der Waals surface area contributed by atoms with Crippen molar-refractivity contribution in [1.29, 1.82) is 0 Å². The molecule has 0 bridgehead atoms. The van der Waals surface area contributed by atoms with Crippen molar-refractivity contribution in [2.45, 2.75) is 25.9 Å². The predicted molar refractivity (Wildman–Crippen MR) is 79.2 cm³/mol. The van der Waals surface area contributed by atoms with Crippen LogP contribution in [0.15, 0.2) is 22.7 Å². The number of likely N-dealkylation sites (tertiary alicyclic amines) is 1. The van der Waals surface area contributed by atoms with E-state index >= 15 is 0 Å². The van der Waals surface area contributed by atoms with Crippen LogP contribution >= 0.6 is 15.9 Å². The van der Waals surface area contributed by atoms with E-state index < -0.39 is 12.1 Å². The number of hydrogen-bond acceptors (Lipinski definition) is 4. The van der Waals surface area contributed by atoms with Gasteiger partial charge >= 0.3 is 5.97 Å². The molecule has 1 saturated heterocycles. The standard InChI is InChI=1S/C14H17BrN2O3/c1-9(13(18)17-6-2-3-7-17)20-14(19)11-8-10(16)4-5-12(11)15/h4-5,8-9H,2-3,6-7,16H2,1H3. The number of halogens is 1. The fraction of sp³-hybridized carbons (Fsp3) is 0.429. The van der Waals surface area contributed by atoms with Crippen molar-refractivity contribution in [1.82, 2.24) is 4.90 Å². The van der Waals surface area contributed by atoms with Gasteiger partial charge in [0.05, 0.1) is 5.56 Å². The zero-order chi connectivity index (χ0) is 14.7. The fourth-order valence-electron chi connectivity index (χ4n) is 2.17. The Balaban J connectivity index is 2.03. The van der Waals surface area contributed by atoms with Crippen LogP contribution in [0.4, 0.5) is 5.69 Å². The van der Waals surface area contributed by atoms with Gasteiger partial charge in [-0.05, 0) is 53.9 Å². The van der Waals surface area contributed by atoms with Gasteiger partial charge in [0.15, 0.2) is 6.10 Å². The van der Waals surface area contributed by atoms with Crippen molar-refractivity contribution < 1.29 is 14.3 Å². The van der Waals surface area contributed by atoms with Crippen LogP contribution in [0.25, 0.3) is 0 Å². The SMILES string of the molecule is CC(OC(=O)c1cc(N)ccc1Br)C(=O)N1CCCC1. The summed E-state index contributed by atoms with van der Waals surface area (Å²) in [6, 6.07) is 4.89. The molecule has 1 atom stereocenters. The maximum atomic E-state index is 12.1. The van der Waals surface area contributed by atoms with Crippen molar-refractivity contribution >= 4 is 33.5 Å². The molecule has 20 heavy (non-hydrogen) atoms. The van der Waals surface area contributed by atoms with Crippen LogP contribution in [-0.4, -0.2) is 36.0 Å².